The summed E-state index contributed by atoms with van der Waals surface area (Å²) < 4.78 is 32.7. The Kier molecular flexibility index (Phi) is 4.88. The molecule has 0 radical (unpaired) electrons. The monoisotopic (exact) mass is 300 g/mol. The summed E-state index contributed by atoms with van der Waals surface area (Å²) >= 11 is 0. The zero-order valence-electron chi connectivity index (χ0n) is 12.5. The third-order valence-electron chi connectivity index (χ3n) is 3.72. The van der Waals surface area contributed by atoms with Gasteiger partial charge in [0.1, 0.15) is 16.4 Å². The molecule has 1 N–H and O–H groups in total. The summed E-state index contributed by atoms with van der Waals surface area (Å²) in [5.74, 6) is 1.20. The molecule has 0 bridgehead atoms. The van der Waals surface area contributed by atoms with Crippen molar-refractivity contribution in [3.8, 4) is 0 Å². The van der Waals surface area contributed by atoms with E-state index in [1.165, 1.54) is 0 Å². The molecule has 0 aromatic carbocycles. The summed E-state index contributed by atoms with van der Waals surface area (Å²) in [6, 6.07) is 0. The summed E-state index contributed by atoms with van der Waals surface area (Å²) in [4.78, 5) is 0.375. The number of furan rings is 1. The van der Waals surface area contributed by atoms with Crippen LogP contribution in [0.15, 0.2) is 9.31 Å². The number of sulfonamides is 1. The summed E-state index contributed by atoms with van der Waals surface area (Å²) in [5.41, 5.74) is 0.780. The van der Waals surface area contributed by atoms with Crippen LogP contribution in [-0.4, -0.2) is 32.4 Å². The van der Waals surface area contributed by atoms with Crippen LogP contribution in [0.3, 0.4) is 0 Å². The maximum absolute atomic E-state index is 12.8. The van der Waals surface area contributed by atoms with E-state index in [2.05, 4.69) is 12.2 Å². The van der Waals surface area contributed by atoms with Gasteiger partial charge in [-0.15, -0.1) is 0 Å². The lowest BCUT2D eigenvalue weighted by Gasteiger charge is -2.16. The number of hydrogen-bond acceptors (Lipinski definition) is 4. The highest BCUT2D eigenvalue weighted by Crippen LogP contribution is 2.30. The van der Waals surface area contributed by atoms with E-state index in [0.29, 0.717) is 36.1 Å². The van der Waals surface area contributed by atoms with Gasteiger partial charge >= 0.3 is 0 Å². The minimum atomic E-state index is -3.42. The summed E-state index contributed by atoms with van der Waals surface area (Å²) in [6.07, 6.45) is 2.90. The lowest BCUT2D eigenvalue weighted by atomic mass is 10.2. The van der Waals surface area contributed by atoms with E-state index in [4.69, 9.17) is 4.42 Å². The van der Waals surface area contributed by atoms with E-state index >= 15 is 0 Å². The van der Waals surface area contributed by atoms with Crippen LogP contribution in [0.5, 0.6) is 0 Å². The van der Waals surface area contributed by atoms with Crippen molar-refractivity contribution < 1.29 is 12.8 Å². The van der Waals surface area contributed by atoms with Crippen molar-refractivity contribution in [2.45, 2.75) is 51.5 Å². The molecule has 114 valence electrons. The summed E-state index contributed by atoms with van der Waals surface area (Å²) in [6.45, 7) is 8.30. The molecule has 1 aromatic rings. The fourth-order valence-electron chi connectivity index (χ4n) is 2.70. The van der Waals surface area contributed by atoms with Gasteiger partial charge < -0.3 is 9.73 Å². The average Bonchev–Trinajstić information content (AvgIpc) is 2.99. The average molecular weight is 300 g/mol. The Morgan fingerprint density at radius 1 is 1.20 bits per heavy atom. The van der Waals surface area contributed by atoms with Crippen LogP contribution in [0.25, 0.3) is 0 Å². The number of nitrogens with one attached hydrogen (secondary N) is 1. The summed E-state index contributed by atoms with van der Waals surface area (Å²) in [7, 11) is -3.42. The third-order valence-corrected chi connectivity index (χ3v) is 5.81. The first kappa shape index (κ1) is 15.5. The Labute approximate surface area is 121 Å². The smallest absolute Gasteiger partial charge is 0.246 e. The Morgan fingerprint density at radius 3 is 2.45 bits per heavy atom. The van der Waals surface area contributed by atoms with E-state index in [1.807, 2.05) is 6.92 Å². The van der Waals surface area contributed by atoms with Gasteiger partial charge in [-0.25, -0.2) is 8.42 Å². The molecule has 6 heteroatoms. The van der Waals surface area contributed by atoms with Gasteiger partial charge in [-0.1, -0.05) is 6.92 Å². The predicted molar refractivity (Wildman–Crippen MR) is 78.2 cm³/mol. The van der Waals surface area contributed by atoms with Gasteiger partial charge in [0.2, 0.25) is 10.0 Å². The van der Waals surface area contributed by atoms with Crippen molar-refractivity contribution in [1.29, 1.82) is 0 Å². The second-order valence-electron chi connectivity index (χ2n) is 5.31. The molecule has 1 fully saturated rings. The quantitative estimate of drug-likeness (QED) is 0.818. The van der Waals surface area contributed by atoms with E-state index in [0.717, 1.165) is 31.4 Å². The molecule has 0 saturated carbocycles. The minimum absolute atomic E-state index is 0.375. The van der Waals surface area contributed by atoms with Crippen LogP contribution in [0.4, 0.5) is 0 Å². The molecule has 1 aliphatic rings. The number of nitrogens with zero attached hydrogens (tertiary/aromatic N) is 1. The van der Waals surface area contributed by atoms with E-state index in [9.17, 15) is 8.42 Å². The lowest BCUT2D eigenvalue weighted by Crippen LogP contribution is -2.29. The molecule has 0 atom stereocenters. The Bertz CT molecular complexity index is 557. The molecule has 2 rings (SSSR count). The Morgan fingerprint density at radius 2 is 1.85 bits per heavy atom. The van der Waals surface area contributed by atoms with Crippen molar-refractivity contribution in [3.63, 3.8) is 0 Å². The van der Waals surface area contributed by atoms with Crippen molar-refractivity contribution in [2.75, 3.05) is 19.6 Å². The highest BCUT2D eigenvalue weighted by Gasteiger charge is 2.33. The Hall–Kier alpha value is -0.850. The van der Waals surface area contributed by atoms with Crippen LogP contribution in [0.1, 0.15) is 43.3 Å². The van der Waals surface area contributed by atoms with Crippen LogP contribution in [0, 0.1) is 13.8 Å². The van der Waals surface area contributed by atoms with E-state index in [-0.39, 0.29) is 0 Å². The van der Waals surface area contributed by atoms with Crippen molar-refractivity contribution in [1.82, 2.24) is 9.62 Å². The summed E-state index contributed by atoms with van der Waals surface area (Å²) in [5, 5.41) is 3.27. The Balaban J connectivity index is 2.34. The van der Waals surface area contributed by atoms with Crippen LogP contribution >= 0.6 is 0 Å². The first-order valence-electron chi connectivity index (χ1n) is 7.28. The highest BCUT2D eigenvalue weighted by molar-refractivity contribution is 7.89. The van der Waals surface area contributed by atoms with E-state index < -0.39 is 10.0 Å². The second-order valence-corrected chi connectivity index (χ2v) is 7.18. The fraction of sp³-hybridized carbons (Fsp3) is 0.714. The fourth-order valence-corrected chi connectivity index (χ4v) is 4.63. The highest BCUT2D eigenvalue weighted by atomic mass is 32.2. The van der Waals surface area contributed by atoms with Gasteiger partial charge in [0.15, 0.2) is 0 Å². The standard InChI is InChI=1S/C14H24N2O3S/c1-4-7-15-10-13-11(2)19-12(3)14(13)20(17,18)16-8-5-6-9-16/h15H,4-10H2,1-3H3. The van der Waals surface area contributed by atoms with Gasteiger partial charge in [-0.05, 0) is 39.7 Å². The van der Waals surface area contributed by atoms with Crippen molar-refractivity contribution in [2.24, 2.45) is 0 Å². The number of aryl methyl sites for hydroxylation is 2. The molecular weight excluding hydrogens is 276 g/mol. The molecular formula is C14H24N2O3S. The zero-order valence-corrected chi connectivity index (χ0v) is 13.3. The van der Waals surface area contributed by atoms with Crippen LogP contribution in [0.2, 0.25) is 0 Å². The minimum Gasteiger partial charge on any atom is -0.465 e. The first-order chi connectivity index (χ1) is 9.48. The van der Waals surface area contributed by atoms with Crippen molar-refractivity contribution >= 4 is 10.0 Å². The topological polar surface area (TPSA) is 62.6 Å². The molecule has 2 heterocycles. The molecule has 5 nitrogen and oxygen atoms in total. The molecule has 0 aliphatic carbocycles. The second kappa shape index (κ2) is 6.28. The van der Waals surface area contributed by atoms with Crippen molar-refractivity contribution in [3.05, 3.63) is 17.1 Å². The predicted octanol–water partition coefficient (Wildman–Crippen LogP) is 2.18. The zero-order chi connectivity index (χ0) is 14.8. The largest absolute Gasteiger partial charge is 0.465 e. The first-order valence-corrected chi connectivity index (χ1v) is 8.72. The molecule has 1 saturated heterocycles. The maximum atomic E-state index is 12.8. The normalized spacial score (nSPS) is 16.9. The number of hydrogen-bond donors (Lipinski definition) is 1. The van der Waals surface area contributed by atoms with Crippen LogP contribution in [-0.2, 0) is 16.6 Å². The van der Waals surface area contributed by atoms with Gasteiger partial charge in [0, 0.05) is 25.2 Å². The molecule has 20 heavy (non-hydrogen) atoms. The molecule has 0 amide bonds. The molecule has 1 aliphatic heterocycles. The maximum Gasteiger partial charge on any atom is 0.246 e. The lowest BCUT2D eigenvalue weighted by molar-refractivity contribution is 0.468. The number of rotatable bonds is 6. The molecule has 1 aromatic heterocycles. The van der Waals surface area contributed by atoms with Gasteiger partial charge in [-0.2, -0.15) is 4.31 Å². The molecule has 0 spiro atoms. The third kappa shape index (κ3) is 2.92. The molecule has 0 unspecified atom stereocenters. The van der Waals surface area contributed by atoms with Gasteiger partial charge in [-0.3, -0.25) is 0 Å². The van der Waals surface area contributed by atoms with Gasteiger partial charge in [0.25, 0.3) is 0 Å². The van der Waals surface area contributed by atoms with Gasteiger partial charge in [0.05, 0.1) is 0 Å². The van der Waals surface area contributed by atoms with Crippen LogP contribution < -0.4 is 5.32 Å². The van der Waals surface area contributed by atoms with E-state index in [1.54, 1.807) is 11.2 Å². The SMILES string of the molecule is CCCNCc1c(C)oc(C)c1S(=O)(=O)N1CCCC1.